The first-order valence-electron chi connectivity index (χ1n) is 6.68. The lowest BCUT2D eigenvalue weighted by Gasteiger charge is -2.16. The van der Waals surface area contributed by atoms with E-state index in [9.17, 15) is 0 Å². The van der Waals surface area contributed by atoms with Gasteiger partial charge in [-0.3, -0.25) is 0 Å². The van der Waals surface area contributed by atoms with E-state index in [1.807, 2.05) is 23.4 Å². The molecule has 0 radical (unpaired) electrons. The average molecular weight is 299 g/mol. The normalized spacial score (nSPS) is 17.3. The molecule has 1 saturated carbocycles. The van der Waals surface area contributed by atoms with Crippen LogP contribution in [0.4, 0.5) is 0 Å². The Morgan fingerprint density at radius 1 is 1.42 bits per heavy atom. The highest BCUT2D eigenvalue weighted by Gasteiger charge is 2.43. The minimum absolute atomic E-state index is 0.394. The summed E-state index contributed by atoms with van der Waals surface area (Å²) < 4.78 is 4.73. The molecule has 2 aromatic rings. The van der Waals surface area contributed by atoms with Crippen LogP contribution in [0.1, 0.15) is 31.3 Å². The fraction of sp³-hybridized carbons (Fsp3) is 0.692. The van der Waals surface area contributed by atoms with Crippen LogP contribution in [0.15, 0.2) is 0 Å². The van der Waals surface area contributed by atoms with Crippen molar-refractivity contribution in [3.05, 3.63) is 11.5 Å². The molecule has 1 aliphatic rings. The number of nitrogens with zero attached hydrogens (tertiary/aromatic N) is 4. The van der Waals surface area contributed by atoms with Crippen molar-refractivity contribution in [3.63, 3.8) is 0 Å². The second-order valence-electron chi connectivity index (χ2n) is 5.21. The zero-order chi connectivity index (χ0) is 13.6. The van der Waals surface area contributed by atoms with Gasteiger partial charge in [-0.25, -0.2) is 9.67 Å². The third kappa shape index (κ3) is 2.07. The van der Waals surface area contributed by atoms with E-state index in [1.54, 1.807) is 0 Å². The van der Waals surface area contributed by atoms with Gasteiger partial charge in [-0.1, -0.05) is 0 Å². The second-order valence-corrected chi connectivity index (χ2v) is 6.75. The van der Waals surface area contributed by atoms with Crippen molar-refractivity contribution in [2.45, 2.75) is 50.4 Å². The lowest BCUT2D eigenvalue weighted by Crippen LogP contribution is -2.17. The van der Waals surface area contributed by atoms with Gasteiger partial charge in [0.15, 0.2) is 5.65 Å². The maximum Gasteiger partial charge on any atom is 0.159 e. The van der Waals surface area contributed by atoms with E-state index in [0.717, 1.165) is 35.8 Å². The summed E-state index contributed by atoms with van der Waals surface area (Å²) in [5, 5.41) is 4.56. The molecule has 0 saturated heterocycles. The summed E-state index contributed by atoms with van der Waals surface area (Å²) in [4.78, 5) is 4.68. The quantitative estimate of drug-likeness (QED) is 0.795. The van der Waals surface area contributed by atoms with E-state index < -0.39 is 0 Å². The lowest BCUT2D eigenvalue weighted by molar-refractivity contribution is 0.602. The molecule has 19 heavy (non-hydrogen) atoms. The molecule has 0 N–H and O–H groups in total. The van der Waals surface area contributed by atoms with Crippen LogP contribution in [0, 0.1) is 6.92 Å². The van der Waals surface area contributed by atoms with Crippen molar-refractivity contribution in [1.29, 1.82) is 0 Å². The van der Waals surface area contributed by atoms with Gasteiger partial charge in [-0.15, -0.1) is 11.6 Å². The van der Waals surface area contributed by atoms with E-state index in [0.29, 0.717) is 10.6 Å². The number of hydrogen-bond acceptors (Lipinski definition) is 3. The van der Waals surface area contributed by atoms with Gasteiger partial charge >= 0.3 is 0 Å². The first kappa shape index (κ1) is 13.3. The molecule has 0 atom stereocenters. The number of halogens is 1. The van der Waals surface area contributed by atoms with Crippen molar-refractivity contribution in [2.24, 2.45) is 0 Å². The Kier molecular flexibility index (Phi) is 3.29. The number of hydrogen-bond donors (Lipinski definition) is 0. The topological polar surface area (TPSA) is 35.6 Å². The van der Waals surface area contributed by atoms with Gasteiger partial charge in [-0.05, 0) is 32.9 Å². The van der Waals surface area contributed by atoms with Gasteiger partial charge < -0.3 is 4.57 Å². The highest BCUT2D eigenvalue weighted by molar-refractivity contribution is 8.00. The molecule has 0 bridgehead atoms. The Morgan fingerprint density at radius 3 is 2.68 bits per heavy atom. The Bertz CT molecular complexity index is 612. The molecule has 1 fully saturated rings. The van der Waals surface area contributed by atoms with E-state index in [-0.39, 0.29) is 0 Å². The van der Waals surface area contributed by atoms with E-state index in [4.69, 9.17) is 11.6 Å². The van der Waals surface area contributed by atoms with Gasteiger partial charge in [0.05, 0.1) is 11.6 Å². The standard InChI is InChI=1S/C13H19ClN4S/c1-4-18-12-11(9(2)16-18)15-10(7-14)17(12)8-13(19-3)5-6-13/h4-8H2,1-3H3. The third-order valence-electron chi connectivity index (χ3n) is 3.98. The highest BCUT2D eigenvalue weighted by Crippen LogP contribution is 2.49. The van der Waals surface area contributed by atoms with E-state index >= 15 is 0 Å². The molecule has 3 rings (SSSR count). The monoisotopic (exact) mass is 298 g/mol. The zero-order valence-electron chi connectivity index (χ0n) is 11.6. The van der Waals surface area contributed by atoms with Gasteiger partial charge in [0.25, 0.3) is 0 Å². The average Bonchev–Trinajstić information content (AvgIpc) is 3.00. The summed E-state index contributed by atoms with van der Waals surface area (Å²) >= 11 is 8.04. The number of rotatable bonds is 5. The van der Waals surface area contributed by atoms with Crippen LogP contribution >= 0.6 is 23.4 Å². The summed E-state index contributed by atoms with van der Waals surface area (Å²) in [6, 6.07) is 0. The van der Waals surface area contributed by atoms with Crippen LogP contribution in [-0.4, -0.2) is 30.3 Å². The molecule has 6 heteroatoms. The van der Waals surface area contributed by atoms with Gasteiger partial charge in [-0.2, -0.15) is 16.9 Å². The van der Waals surface area contributed by atoms with E-state index in [1.165, 1.54) is 12.8 Å². The summed E-state index contributed by atoms with van der Waals surface area (Å²) in [6.45, 7) is 6.00. The Hall–Kier alpha value is -0.680. The molecule has 1 aliphatic carbocycles. The molecule has 104 valence electrons. The predicted octanol–water partition coefficient (Wildman–Crippen LogP) is 3.20. The smallest absolute Gasteiger partial charge is 0.159 e. The Labute approximate surface area is 122 Å². The first-order chi connectivity index (χ1) is 9.14. The summed E-state index contributed by atoms with van der Waals surface area (Å²) in [6.07, 6.45) is 4.77. The molecular weight excluding hydrogens is 280 g/mol. The highest BCUT2D eigenvalue weighted by atomic mass is 35.5. The molecule has 0 spiro atoms. The minimum Gasteiger partial charge on any atom is -0.310 e. The van der Waals surface area contributed by atoms with Crippen LogP contribution in [0.25, 0.3) is 11.2 Å². The lowest BCUT2D eigenvalue weighted by atomic mass is 10.4. The van der Waals surface area contributed by atoms with Crippen molar-refractivity contribution < 1.29 is 0 Å². The third-order valence-corrected chi connectivity index (χ3v) is 5.63. The fourth-order valence-electron chi connectivity index (χ4n) is 2.61. The van der Waals surface area contributed by atoms with Crippen molar-refractivity contribution in [2.75, 3.05) is 6.26 Å². The number of aryl methyl sites for hydroxylation is 2. The summed E-state index contributed by atoms with van der Waals surface area (Å²) in [5.41, 5.74) is 3.14. The van der Waals surface area contributed by atoms with Crippen molar-refractivity contribution in [1.82, 2.24) is 19.3 Å². The molecule has 4 nitrogen and oxygen atoms in total. The van der Waals surface area contributed by atoms with Crippen LogP contribution < -0.4 is 0 Å². The maximum atomic E-state index is 6.08. The number of fused-ring (bicyclic) bond motifs is 1. The largest absolute Gasteiger partial charge is 0.310 e. The van der Waals surface area contributed by atoms with Gasteiger partial charge in [0.1, 0.15) is 11.3 Å². The Morgan fingerprint density at radius 2 is 2.16 bits per heavy atom. The molecule has 0 aliphatic heterocycles. The molecule has 0 aromatic carbocycles. The molecule has 0 unspecified atom stereocenters. The molecule has 0 amide bonds. The van der Waals surface area contributed by atoms with E-state index in [2.05, 4.69) is 27.8 Å². The first-order valence-corrected chi connectivity index (χ1v) is 8.43. The number of aromatic nitrogens is 4. The van der Waals surface area contributed by atoms with Gasteiger partial charge in [0.2, 0.25) is 0 Å². The second kappa shape index (κ2) is 4.70. The summed E-state index contributed by atoms with van der Waals surface area (Å²) in [7, 11) is 0. The Balaban J connectivity index is 2.14. The van der Waals surface area contributed by atoms with Crippen molar-refractivity contribution >= 4 is 34.5 Å². The molecule has 2 heterocycles. The number of thioether (sulfide) groups is 1. The van der Waals surface area contributed by atoms with Gasteiger partial charge in [0, 0.05) is 17.8 Å². The number of imidazole rings is 1. The predicted molar refractivity (Wildman–Crippen MR) is 81.0 cm³/mol. The van der Waals surface area contributed by atoms with Crippen LogP contribution in [0.5, 0.6) is 0 Å². The van der Waals surface area contributed by atoms with Crippen LogP contribution in [0.3, 0.4) is 0 Å². The zero-order valence-corrected chi connectivity index (χ0v) is 13.2. The SMILES string of the molecule is CCn1nc(C)c2nc(CCl)n(CC3(SC)CC3)c21. The van der Waals surface area contributed by atoms with Crippen LogP contribution in [-0.2, 0) is 19.0 Å². The molecule has 2 aromatic heterocycles. The van der Waals surface area contributed by atoms with Crippen LogP contribution in [0.2, 0.25) is 0 Å². The fourth-order valence-corrected chi connectivity index (χ4v) is 3.59. The maximum absolute atomic E-state index is 6.08. The summed E-state index contributed by atoms with van der Waals surface area (Å²) in [5.74, 6) is 1.43. The van der Waals surface area contributed by atoms with Crippen molar-refractivity contribution in [3.8, 4) is 0 Å². The minimum atomic E-state index is 0.394. The number of alkyl halides is 1. The molecular formula is C13H19ClN4S.